The molecule has 2 aromatic heterocycles. The molecule has 0 saturated carbocycles. The maximum absolute atomic E-state index is 4.82. The number of aromatic nitrogens is 3. The number of hydrogen-bond acceptors (Lipinski definition) is 2. The van der Waals surface area contributed by atoms with Crippen LogP contribution < -0.4 is 10.4 Å². The Hall–Kier alpha value is -2.94. The summed E-state index contributed by atoms with van der Waals surface area (Å²) < 4.78 is 0. The van der Waals surface area contributed by atoms with Crippen LogP contribution in [0.15, 0.2) is 37.4 Å². The van der Waals surface area contributed by atoms with Gasteiger partial charge in [0.25, 0.3) is 0 Å². The van der Waals surface area contributed by atoms with Crippen molar-refractivity contribution in [2.45, 2.75) is 13.8 Å². The van der Waals surface area contributed by atoms with E-state index in [-0.39, 0.29) is 0 Å². The first kappa shape index (κ1) is 15.0. The van der Waals surface area contributed by atoms with Crippen LogP contribution in [0.5, 0.6) is 0 Å². The van der Waals surface area contributed by atoms with Crippen molar-refractivity contribution in [3.63, 3.8) is 0 Å². The van der Waals surface area contributed by atoms with Crippen LogP contribution in [0, 0.1) is 0 Å². The molecule has 0 atom stereocenters. The molecule has 0 unspecified atom stereocenters. The molecular formula is C20H19N3. The molecule has 0 aliphatic heterocycles. The lowest BCUT2D eigenvalue weighted by molar-refractivity contribution is 1.32. The van der Waals surface area contributed by atoms with Gasteiger partial charge in [-0.2, -0.15) is 0 Å². The standard InChI is InChI=1S/C20H19N3/c1-5-9-14-12-18-17(11-13(14)7-3)21-19-15(10-6-2)16(8-4)22-20(19)23-18/h5-12H,1,4H2,2-3H3,(H,22,23)/b10-6-,13-7-,14-9-. The van der Waals surface area contributed by atoms with Crippen LogP contribution in [-0.2, 0) is 0 Å². The van der Waals surface area contributed by atoms with Crippen molar-refractivity contribution in [1.29, 1.82) is 0 Å². The summed E-state index contributed by atoms with van der Waals surface area (Å²) in [6, 6.07) is 4.11. The first-order chi connectivity index (χ1) is 11.2. The summed E-state index contributed by atoms with van der Waals surface area (Å²) in [5.74, 6) is 0. The van der Waals surface area contributed by atoms with Gasteiger partial charge in [0.15, 0.2) is 5.65 Å². The molecule has 0 saturated heterocycles. The van der Waals surface area contributed by atoms with Gasteiger partial charge in [0.05, 0.1) is 11.0 Å². The Balaban J connectivity index is 2.46. The molecule has 114 valence electrons. The predicted octanol–water partition coefficient (Wildman–Crippen LogP) is 3.55. The molecule has 1 aromatic carbocycles. The van der Waals surface area contributed by atoms with Crippen LogP contribution in [0.4, 0.5) is 0 Å². The van der Waals surface area contributed by atoms with Gasteiger partial charge in [-0.1, -0.05) is 43.5 Å². The van der Waals surface area contributed by atoms with Gasteiger partial charge in [0.1, 0.15) is 5.52 Å². The molecule has 0 spiro atoms. The number of fused-ring (bicyclic) bond motifs is 2. The Morgan fingerprint density at radius 2 is 1.78 bits per heavy atom. The number of benzene rings is 1. The number of rotatable bonds is 3. The minimum atomic E-state index is 0.776. The predicted molar refractivity (Wildman–Crippen MR) is 100 cm³/mol. The summed E-state index contributed by atoms with van der Waals surface area (Å²) in [7, 11) is 0. The van der Waals surface area contributed by atoms with Crippen molar-refractivity contribution < 1.29 is 0 Å². The van der Waals surface area contributed by atoms with E-state index < -0.39 is 0 Å². The summed E-state index contributed by atoms with van der Waals surface area (Å²) in [6.07, 6.45) is 11.7. The number of nitrogens with one attached hydrogen (secondary N) is 1. The Morgan fingerprint density at radius 3 is 2.43 bits per heavy atom. The summed E-state index contributed by atoms with van der Waals surface area (Å²) in [5.41, 5.74) is 5.35. The first-order valence-electron chi connectivity index (χ1n) is 7.59. The summed E-state index contributed by atoms with van der Waals surface area (Å²) in [5, 5.41) is 2.21. The zero-order valence-corrected chi connectivity index (χ0v) is 13.4. The van der Waals surface area contributed by atoms with Crippen molar-refractivity contribution in [2.75, 3.05) is 0 Å². The molecule has 3 nitrogen and oxygen atoms in total. The number of nitrogens with zero attached hydrogens (tertiary/aromatic N) is 2. The molecule has 3 aromatic rings. The van der Waals surface area contributed by atoms with Crippen LogP contribution in [-0.4, -0.2) is 15.0 Å². The molecule has 1 N–H and O–H groups in total. The number of hydrogen-bond donors (Lipinski definition) is 1. The highest BCUT2D eigenvalue weighted by atomic mass is 14.9. The van der Waals surface area contributed by atoms with Gasteiger partial charge >= 0.3 is 0 Å². The van der Waals surface area contributed by atoms with Crippen LogP contribution >= 0.6 is 0 Å². The molecule has 0 bridgehead atoms. The van der Waals surface area contributed by atoms with E-state index in [0.717, 1.165) is 43.9 Å². The highest BCUT2D eigenvalue weighted by molar-refractivity contribution is 5.93. The second-order valence-electron chi connectivity index (χ2n) is 5.24. The second kappa shape index (κ2) is 6.05. The van der Waals surface area contributed by atoms with E-state index in [1.165, 1.54) is 0 Å². The average Bonchev–Trinajstić information content (AvgIpc) is 2.90. The van der Waals surface area contributed by atoms with Gasteiger partial charge in [0.2, 0.25) is 0 Å². The Kier molecular flexibility index (Phi) is 3.94. The zero-order valence-electron chi connectivity index (χ0n) is 13.4. The Morgan fingerprint density at radius 1 is 1.04 bits per heavy atom. The molecule has 0 aliphatic rings. The van der Waals surface area contributed by atoms with Gasteiger partial charge in [-0.05, 0) is 42.5 Å². The minimum absolute atomic E-state index is 0.776. The third-order valence-corrected chi connectivity index (χ3v) is 3.81. The lowest BCUT2D eigenvalue weighted by Crippen LogP contribution is -2.24. The maximum atomic E-state index is 4.82. The molecule has 0 amide bonds. The SMILES string of the molecule is C=C/C=c1/cc2nc3[nH]c(C=C)c(/C=C\C)c3nc2c/c1=C/C. The van der Waals surface area contributed by atoms with Crippen LogP contribution in [0.1, 0.15) is 25.1 Å². The normalized spacial score (nSPS) is 13.5. The summed E-state index contributed by atoms with van der Waals surface area (Å²) in [4.78, 5) is 12.9. The van der Waals surface area contributed by atoms with Crippen molar-refractivity contribution in [1.82, 2.24) is 15.0 Å². The molecule has 23 heavy (non-hydrogen) atoms. The van der Waals surface area contributed by atoms with Gasteiger partial charge in [-0.15, -0.1) is 0 Å². The summed E-state index contributed by atoms with van der Waals surface area (Å²) in [6.45, 7) is 11.6. The number of H-pyrrole nitrogens is 1. The minimum Gasteiger partial charge on any atom is -0.338 e. The van der Waals surface area contributed by atoms with Crippen LogP contribution in [0.2, 0.25) is 0 Å². The first-order valence-corrected chi connectivity index (χ1v) is 7.59. The number of aromatic amines is 1. The molecule has 2 heterocycles. The average molecular weight is 301 g/mol. The van der Waals surface area contributed by atoms with E-state index in [1.807, 2.05) is 38.1 Å². The second-order valence-corrected chi connectivity index (χ2v) is 5.24. The van der Waals surface area contributed by atoms with Crippen molar-refractivity contribution in [3.05, 3.63) is 59.1 Å². The highest BCUT2D eigenvalue weighted by Crippen LogP contribution is 2.23. The Labute approximate surface area is 135 Å². The van der Waals surface area contributed by atoms with Crippen molar-refractivity contribution in [2.24, 2.45) is 0 Å². The molecule has 0 aliphatic carbocycles. The molecule has 0 fully saturated rings. The monoisotopic (exact) mass is 301 g/mol. The highest BCUT2D eigenvalue weighted by Gasteiger charge is 2.11. The van der Waals surface area contributed by atoms with E-state index in [1.54, 1.807) is 12.2 Å². The van der Waals surface area contributed by atoms with Gasteiger partial charge in [-0.25, -0.2) is 9.97 Å². The molecule has 0 radical (unpaired) electrons. The van der Waals surface area contributed by atoms with E-state index >= 15 is 0 Å². The zero-order chi connectivity index (χ0) is 16.4. The maximum Gasteiger partial charge on any atom is 0.157 e. The van der Waals surface area contributed by atoms with Crippen LogP contribution in [0.25, 0.3) is 46.5 Å². The van der Waals surface area contributed by atoms with Gasteiger partial charge in [-0.3, -0.25) is 0 Å². The van der Waals surface area contributed by atoms with Gasteiger partial charge < -0.3 is 4.98 Å². The van der Waals surface area contributed by atoms with Crippen molar-refractivity contribution in [3.8, 4) is 0 Å². The van der Waals surface area contributed by atoms with Crippen LogP contribution in [0.3, 0.4) is 0 Å². The van der Waals surface area contributed by atoms with Crippen molar-refractivity contribution >= 4 is 46.5 Å². The lowest BCUT2D eigenvalue weighted by atomic mass is 10.1. The lowest BCUT2D eigenvalue weighted by Gasteiger charge is -1.99. The number of allylic oxidation sites excluding steroid dienone is 2. The topological polar surface area (TPSA) is 41.6 Å². The van der Waals surface area contributed by atoms with E-state index in [2.05, 4.69) is 30.3 Å². The molecule has 3 heteroatoms. The third kappa shape index (κ3) is 2.50. The quantitative estimate of drug-likeness (QED) is 0.803. The smallest absolute Gasteiger partial charge is 0.157 e. The van der Waals surface area contributed by atoms with Gasteiger partial charge in [0, 0.05) is 11.3 Å². The molecule has 3 rings (SSSR count). The van der Waals surface area contributed by atoms with E-state index in [4.69, 9.17) is 9.97 Å². The fourth-order valence-corrected chi connectivity index (χ4v) is 2.75. The largest absolute Gasteiger partial charge is 0.338 e. The summed E-state index contributed by atoms with van der Waals surface area (Å²) >= 11 is 0. The van der Waals surface area contributed by atoms with E-state index in [0.29, 0.717) is 0 Å². The van der Waals surface area contributed by atoms with E-state index in [9.17, 15) is 0 Å². The molecular weight excluding hydrogens is 282 g/mol. The fourth-order valence-electron chi connectivity index (χ4n) is 2.75. The Bertz CT molecular complexity index is 1070. The fraction of sp³-hybridized carbons (Fsp3) is 0.100. The third-order valence-electron chi connectivity index (χ3n) is 3.81.